The minimum Gasteiger partial charge on any atom is -0.462 e. The largest absolute Gasteiger partial charge is 0.462 e. The molecule has 4 aromatic rings. The van der Waals surface area contributed by atoms with Crippen molar-refractivity contribution < 1.29 is 67.4 Å². The summed E-state index contributed by atoms with van der Waals surface area (Å²) in [5.41, 5.74) is -3.20. The number of ether oxygens (including phenoxy) is 8. The lowest BCUT2D eigenvalue weighted by molar-refractivity contribution is -0.294. The van der Waals surface area contributed by atoms with Gasteiger partial charge in [0.15, 0.2) is 17.9 Å². The Kier molecular flexibility index (Phi) is 16.0. The van der Waals surface area contributed by atoms with Gasteiger partial charge in [-0.3, -0.25) is 24.0 Å². The number of esters is 5. The van der Waals surface area contributed by atoms with Crippen LogP contribution in [-0.2, 0) is 78.4 Å². The monoisotopic (exact) mass is 990 g/mol. The van der Waals surface area contributed by atoms with E-state index in [0.29, 0.717) is 55.8 Å². The van der Waals surface area contributed by atoms with Crippen molar-refractivity contribution in [3.05, 3.63) is 83.6 Å². The second-order valence-corrected chi connectivity index (χ2v) is 21.8. The summed E-state index contributed by atoms with van der Waals surface area (Å²) >= 11 is 0. The smallest absolute Gasteiger partial charge is 0.316 e. The highest BCUT2D eigenvalue weighted by atomic mass is 16.7. The number of carbonyl (C=O) groups is 5. The number of nitrogens with zero attached hydrogens (tertiary/aromatic N) is 3. The number of aromatic nitrogens is 3. The molecule has 0 radical (unpaired) electrons. The van der Waals surface area contributed by atoms with Gasteiger partial charge in [-0.15, -0.1) is 5.10 Å². The number of rotatable bonds is 17. The van der Waals surface area contributed by atoms with Crippen LogP contribution in [0.15, 0.2) is 66.9 Å². The molecule has 2 aromatic heterocycles. The number of benzene rings is 2. The molecule has 0 amide bonds. The minimum atomic E-state index is -1.78. The van der Waals surface area contributed by atoms with Crippen LogP contribution in [0.3, 0.4) is 0 Å². The third kappa shape index (κ3) is 15.6. The van der Waals surface area contributed by atoms with Crippen LogP contribution >= 0.6 is 0 Å². The molecule has 0 spiro atoms. The maximum atomic E-state index is 14.2. The fourth-order valence-electron chi connectivity index (χ4n) is 6.74. The van der Waals surface area contributed by atoms with Crippen molar-refractivity contribution >= 4 is 40.9 Å². The van der Waals surface area contributed by atoms with Gasteiger partial charge in [-0.05, 0) is 158 Å². The molecule has 16 heteroatoms. The lowest BCUT2D eigenvalue weighted by atomic mass is 9.93. The summed E-state index contributed by atoms with van der Waals surface area (Å²) < 4.78 is 83.4. The maximum Gasteiger partial charge on any atom is 0.316 e. The molecule has 3 heterocycles. The van der Waals surface area contributed by atoms with E-state index in [-0.39, 0.29) is 18.7 Å². The SMILES string of the molecule is [2H]CC(C)(C)C(=O)OC[C@H]1OC(Oc2nn(CCCOCc3ccccc3)c3nccc(CCc4ccc(OC(=O)C(C)(C)C)cc4)c23)[C@H](OC(=O)C(C)(C)C[2H])[C@@H](OC(=O)C(C)(C)C[2H])[C@@H]1OC(=O)C(C)(C)C[2H]. The van der Waals surface area contributed by atoms with Crippen molar-refractivity contribution in [2.45, 2.75) is 167 Å². The molecule has 0 N–H and O–H groups in total. The molecule has 1 aliphatic heterocycles. The molecular formula is C55H75N3O13. The first-order valence-electron chi connectivity index (χ1n) is 26.6. The van der Waals surface area contributed by atoms with Gasteiger partial charge < -0.3 is 37.9 Å². The van der Waals surface area contributed by atoms with E-state index in [1.165, 1.54) is 55.4 Å². The normalized spacial score (nSPS) is 19.6. The van der Waals surface area contributed by atoms with E-state index in [4.69, 9.17) is 53.5 Å². The molecule has 0 saturated carbocycles. The van der Waals surface area contributed by atoms with E-state index in [1.54, 1.807) is 43.8 Å². The van der Waals surface area contributed by atoms with Crippen LogP contribution < -0.4 is 9.47 Å². The summed E-state index contributed by atoms with van der Waals surface area (Å²) in [5.74, 6) is -3.58. The lowest BCUT2D eigenvalue weighted by Gasteiger charge is -2.45. The van der Waals surface area contributed by atoms with Gasteiger partial charge >= 0.3 is 29.8 Å². The van der Waals surface area contributed by atoms with Crippen LogP contribution in [-0.4, -0.2) is 88.5 Å². The molecule has 388 valence electrons. The third-order valence-electron chi connectivity index (χ3n) is 11.0. The number of pyridine rings is 1. The van der Waals surface area contributed by atoms with Gasteiger partial charge in [0.2, 0.25) is 18.3 Å². The predicted molar refractivity (Wildman–Crippen MR) is 265 cm³/mol. The highest BCUT2D eigenvalue weighted by Crippen LogP contribution is 2.37. The van der Waals surface area contributed by atoms with Crippen molar-refractivity contribution in [2.24, 2.45) is 27.1 Å². The van der Waals surface area contributed by atoms with Crippen LogP contribution in [0.5, 0.6) is 11.6 Å². The van der Waals surface area contributed by atoms with Crippen molar-refractivity contribution in [2.75, 3.05) is 13.2 Å². The van der Waals surface area contributed by atoms with Crippen LogP contribution in [0.25, 0.3) is 11.0 Å². The molecule has 5 atom stereocenters. The Morgan fingerprint density at radius 1 is 0.648 bits per heavy atom. The summed E-state index contributed by atoms with van der Waals surface area (Å²) in [7, 11) is 0. The van der Waals surface area contributed by atoms with Crippen LogP contribution in [0, 0.1) is 27.1 Å². The standard InChI is InChI=1S/C55H75N3O13/c1-51(2,3)46(59)65-33-38-40(68-48(61)53(7,8)9)41(69-49(62)54(10,11)12)42(70-50(63)55(13,14)15)45(67-38)71-44-39-36(25-22-34-23-26-37(27-24-34)66-47(60)52(4,5)6)28-29-56-43(39)58(57-44)30-19-31-64-32-35-20-17-16-18-21-35/h16-18,20-21,23-24,26-29,38,40-42,45H,19,22,25,30-33H2,1-15H3/t38-,40-,41+,42-,45?/m1/s1/i1D,7D,10D,13D. The van der Waals surface area contributed by atoms with Gasteiger partial charge in [0.05, 0.1) is 39.1 Å². The van der Waals surface area contributed by atoms with Gasteiger partial charge in [-0.25, -0.2) is 9.67 Å². The van der Waals surface area contributed by atoms with Gasteiger partial charge in [-0.1, -0.05) is 42.5 Å². The summed E-state index contributed by atoms with van der Waals surface area (Å²) in [6.45, 7) is 16.0. The van der Waals surface area contributed by atoms with Crippen molar-refractivity contribution in [1.82, 2.24) is 14.8 Å². The highest BCUT2D eigenvalue weighted by Gasteiger charge is 2.56. The molecule has 2 aromatic carbocycles. The molecular weight excluding hydrogens is 911 g/mol. The second-order valence-electron chi connectivity index (χ2n) is 21.8. The predicted octanol–water partition coefficient (Wildman–Crippen LogP) is 9.34. The average molecular weight is 990 g/mol. The number of aryl methyl sites for hydroxylation is 3. The van der Waals surface area contributed by atoms with E-state index >= 15 is 0 Å². The Labute approximate surface area is 424 Å². The zero-order chi connectivity index (χ0) is 55.5. The van der Waals surface area contributed by atoms with Crippen LogP contribution in [0.1, 0.15) is 132 Å². The molecule has 1 fully saturated rings. The Morgan fingerprint density at radius 3 is 1.82 bits per heavy atom. The Hall–Kier alpha value is -5.87. The van der Waals surface area contributed by atoms with Crippen molar-refractivity contribution in [1.29, 1.82) is 0 Å². The number of hydrogen-bond acceptors (Lipinski definition) is 15. The molecule has 0 aliphatic carbocycles. The van der Waals surface area contributed by atoms with Crippen LogP contribution in [0.2, 0.25) is 0 Å². The van der Waals surface area contributed by atoms with E-state index in [2.05, 4.69) is 0 Å². The lowest BCUT2D eigenvalue weighted by Crippen LogP contribution is -2.65. The fraction of sp³-hybridized carbons (Fsp3) is 0.582. The first kappa shape index (κ1) is 50.1. The molecule has 0 bridgehead atoms. The van der Waals surface area contributed by atoms with Crippen molar-refractivity contribution in [3.63, 3.8) is 0 Å². The second kappa shape index (κ2) is 22.7. The Morgan fingerprint density at radius 2 is 1.23 bits per heavy atom. The van der Waals surface area contributed by atoms with Gasteiger partial charge in [0.1, 0.15) is 18.5 Å². The summed E-state index contributed by atoms with van der Waals surface area (Å²) in [4.78, 5) is 73.1. The first-order chi connectivity index (χ1) is 35.2. The molecule has 71 heavy (non-hydrogen) atoms. The first-order valence-corrected chi connectivity index (χ1v) is 23.7. The summed E-state index contributed by atoms with van der Waals surface area (Å²) in [6.07, 6.45) is -5.46. The van der Waals surface area contributed by atoms with Gasteiger partial charge in [0.25, 0.3) is 0 Å². The topological polar surface area (TPSA) is 190 Å². The zero-order valence-corrected chi connectivity index (χ0v) is 43.2. The molecule has 16 nitrogen and oxygen atoms in total. The third-order valence-corrected chi connectivity index (χ3v) is 11.0. The molecule has 5 rings (SSSR count). The summed E-state index contributed by atoms with van der Waals surface area (Å²) in [5, 5.41) is 5.37. The van der Waals surface area contributed by atoms with Gasteiger partial charge in [-0.2, -0.15) is 0 Å². The zero-order valence-electron chi connectivity index (χ0n) is 47.2. The molecule has 1 aliphatic rings. The maximum absolute atomic E-state index is 14.2. The molecule has 1 unspecified atom stereocenters. The Bertz CT molecular complexity index is 2580. The Balaban J connectivity index is 1.64. The quantitative estimate of drug-likeness (QED) is 0.0421. The fourth-order valence-corrected chi connectivity index (χ4v) is 6.74. The molecule has 1 saturated heterocycles. The van der Waals surface area contributed by atoms with E-state index in [0.717, 1.165) is 16.7 Å². The number of fused-ring (bicyclic) bond motifs is 1. The average Bonchev–Trinajstić information content (AvgIpc) is 3.73. The van der Waals surface area contributed by atoms with Crippen molar-refractivity contribution in [3.8, 4) is 11.6 Å². The van der Waals surface area contributed by atoms with E-state index < -0.39 is 109 Å². The van der Waals surface area contributed by atoms with Crippen LogP contribution in [0.4, 0.5) is 0 Å². The van der Waals surface area contributed by atoms with E-state index in [1.807, 2.05) is 48.5 Å². The highest BCUT2D eigenvalue weighted by molar-refractivity contribution is 5.85. The number of carbonyl (C=O) groups excluding carboxylic acids is 5. The van der Waals surface area contributed by atoms with Gasteiger partial charge in [0, 0.05) is 24.8 Å². The summed E-state index contributed by atoms with van der Waals surface area (Å²) in [6, 6.07) is 18.7. The minimum absolute atomic E-state index is 0.0398. The van der Waals surface area contributed by atoms with E-state index in [9.17, 15) is 24.0 Å². The number of hydrogen-bond donors (Lipinski definition) is 0.